The first-order valence-corrected chi connectivity index (χ1v) is 6.86. The number of aromatic nitrogens is 2. The molecule has 0 aliphatic heterocycles. The molecule has 1 unspecified atom stereocenters. The molecule has 0 bridgehead atoms. The van der Waals surface area contributed by atoms with E-state index >= 15 is 0 Å². The van der Waals surface area contributed by atoms with Gasteiger partial charge in [0.2, 0.25) is 5.91 Å². The van der Waals surface area contributed by atoms with Crippen molar-refractivity contribution in [2.24, 2.45) is 7.05 Å². The van der Waals surface area contributed by atoms with Gasteiger partial charge in [-0.15, -0.1) is 0 Å². The van der Waals surface area contributed by atoms with Gasteiger partial charge in [0, 0.05) is 13.1 Å². The van der Waals surface area contributed by atoms with Crippen LogP contribution in [0.3, 0.4) is 0 Å². The van der Waals surface area contributed by atoms with Gasteiger partial charge in [-0.1, -0.05) is 6.92 Å². The number of rotatable bonds is 5. The average Bonchev–Trinajstić information content (AvgIpc) is 3.14. The highest BCUT2D eigenvalue weighted by molar-refractivity contribution is 6.00. The second-order valence-electron chi connectivity index (χ2n) is 5.16. The van der Waals surface area contributed by atoms with Crippen molar-refractivity contribution in [3.8, 4) is 0 Å². The van der Waals surface area contributed by atoms with Crippen LogP contribution in [0.5, 0.6) is 0 Å². The van der Waals surface area contributed by atoms with Crippen LogP contribution in [0.2, 0.25) is 0 Å². The molecule has 1 saturated carbocycles. The van der Waals surface area contributed by atoms with Crippen LogP contribution in [-0.2, 0) is 18.3 Å². The highest BCUT2D eigenvalue weighted by Crippen LogP contribution is 2.19. The fourth-order valence-corrected chi connectivity index (χ4v) is 2.01. The Morgan fingerprint density at radius 3 is 2.65 bits per heavy atom. The first kappa shape index (κ1) is 14.4. The number of nitrogens with two attached hydrogens (primary N) is 1. The minimum absolute atomic E-state index is 0.169. The molecule has 20 heavy (non-hydrogen) atoms. The summed E-state index contributed by atoms with van der Waals surface area (Å²) >= 11 is 0. The summed E-state index contributed by atoms with van der Waals surface area (Å²) in [5.74, 6) is -0.548. The summed E-state index contributed by atoms with van der Waals surface area (Å²) < 4.78 is 1.45. The van der Waals surface area contributed by atoms with Crippen molar-refractivity contribution in [3.05, 3.63) is 11.4 Å². The predicted octanol–water partition coefficient (Wildman–Crippen LogP) is -0.0384. The third kappa shape index (κ3) is 2.92. The second-order valence-corrected chi connectivity index (χ2v) is 5.16. The summed E-state index contributed by atoms with van der Waals surface area (Å²) in [5, 5.41) is 9.70. The summed E-state index contributed by atoms with van der Waals surface area (Å²) in [6.45, 7) is 3.58. The van der Waals surface area contributed by atoms with Gasteiger partial charge < -0.3 is 16.4 Å². The monoisotopic (exact) mass is 279 g/mol. The fraction of sp³-hybridized carbons (Fsp3) is 0.615. The number of nitrogen functional groups attached to an aromatic ring is 1. The van der Waals surface area contributed by atoms with E-state index in [9.17, 15) is 9.59 Å². The molecule has 0 aromatic carbocycles. The summed E-state index contributed by atoms with van der Waals surface area (Å²) in [5.41, 5.74) is 7.28. The quantitative estimate of drug-likeness (QED) is 0.704. The number of nitrogens with zero attached hydrogens (tertiary/aromatic N) is 2. The smallest absolute Gasteiger partial charge is 0.272 e. The van der Waals surface area contributed by atoms with E-state index in [1.54, 1.807) is 14.0 Å². The maximum atomic E-state index is 12.2. The summed E-state index contributed by atoms with van der Waals surface area (Å²) in [4.78, 5) is 24.0. The maximum Gasteiger partial charge on any atom is 0.272 e. The number of amides is 2. The number of hydrogen-bond donors (Lipinski definition) is 3. The van der Waals surface area contributed by atoms with E-state index in [0.29, 0.717) is 23.5 Å². The molecule has 1 atom stereocenters. The van der Waals surface area contributed by atoms with Crippen LogP contribution in [0, 0.1) is 0 Å². The molecule has 1 aliphatic carbocycles. The van der Waals surface area contributed by atoms with Gasteiger partial charge in [-0.25, -0.2) is 0 Å². The SMILES string of the molecule is CCc1nn(C)c(C(=O)NC(C)C(=O)NC2CC2)c1N. The highest BCUT2D eigenvalue weighted by Gasteiger charge is 2.27. The van der Waals surface area contributed by atoms with Crippen LogP contribution < -0.4 is 16.4 Å². The molecule has 0 radical (unpaired) electrons. The Labute approximate surface area is 117 Å². The Balaban J connectivity index is 2.03. The molecule has 0 spiro atoms. The molecular weight excluding hydrogens is 258 g/mol. The number of carbonyl (C=O) groups excluding carboxylic acids is 2. The van der Waals surface area contributed by atoms with Crippen molar-refractivity contribution in [1.82, 2.24) is 20.4 Å². The molecule has 7 heteroatoms. The summed E-state index contributed by atoms with van der Waals surface area (Å²) in [6, 6.07) is -0.321. The zero-order valence-corrected chi connectivity index (χ0v) is 12.1. The first-order valence-electron chi connectivity index (χ1n) is 6.86. The van der Waals surface area contributed by atoms with Gasteiger partial charge in [0.05, 0.1) is 11.4 Å². The lowest BCUT2D eigenvalue weighted by molar-refractivity contribution is -0.122. The largest absolute Gasteiger partial charge is 0.395 e. The van der Waals surface area contributed by atoms with E-state index in [2.05, 4.69) is 15.7 Å². The minimum Gasteiger partial charge on any atom is -0.395 e. The van der Waals surface area contributed by atoms with Gasteiger partial charge in [-0.05, 0) is 26.2 Å². The number of anilines is 1. The van der Waals surface area contributed by atoms with Crippen LogP contribution in [0.15, 0.2) is 0 Å². The van der Waals surface area contributed by atoms with Crippen molar-refractivity contribution in [1.29, 1.82) is 0 Å². The fourth-order valence-electron chi connectivity index (χ4n) is 2.01. The Hall–Kier alpha value is -2.05. The Bertz CT molecular complexity index is 533. The van der Waals surface area contributed by atoms with Gasteiger partial charge in [0.15, 0.2) is 0 Å². The molecule has 1 aromatic heterocycles. The van der Waals surface area contributed by atoms with Crippen LogP contribution in [-0.4, -0.2) is 33.7 Å². The molecule has 2 rings (SSSR count). The molecule has 1 aliphatic rings. The molecule has 1 aromatic rings. The van der Waals surface area contributed by atoms with E-state index in [4.69, 9.17) is 5.73 Å². The lowest BCUT2D eigenvalue weighted by Gasteiger charge is -2.14. The van der Waals surface area contributed by atoms with E-state index in [1.807, 2.05) is 6.92 Å². The third-order valence-corrected chi connectivity index (χ3v) is 3.37. The van der Waals surface area contributed by atoms with E-state index in [-0.39, 0.29) is 17.9 Å². The van der Waals surface area contributed by atoms with Gasteiger partial charge in [-0.3, -0.25) is 14.3 Å². The molecule has 4 N–H and O–H groups in total. The molecule has 7 nitrogen and oxygen atoms in total. The topological polar surface area (TPSA) is 102 Å². The van der Waals surface area contributed by atoms with Gasteiger partial charge >= 0.3 is 0 Å². The molecule has 2 amide bonds. The average molecular weight is 279 g/mol. The molecule has 110 valence electrons. The molecule has 0 saturated heterocycles. The lowest BCUT2D eigenvalue weighted by Crippen LogP contribution is -2.46. The van der Waals surface area contributed by atoms with Crippen LogP contribution in [0.4, 0.5) is 5.69 Å². The predicted molar refractivity (Wildman–Crippen MR) is 75.1 cm³/mol. The number of aryl methyl sites for hydroxylation is 2. The minimum atomic E-state index is -0.595. The van der Waals surface area contributed by atoms with Crippen molar-refractivity contribution in [2.45, 2.75) is 45.2 Å². The standard InChI is InChI=1S/C13H21N5O2/c1-4-9-10(14)11(18(3)17-9)13(20)15-7(2)12(19)16-8-5-6-8/h7-8H,4-6,14H2,1-3H3,(H,15,20)(H,16,19). The van der Waals surface area contributed by atoms with Crippen molar-refractivity contribution >= 4 is 17.5 Å². The van der Waals surface area contributed by atoms with Gasteiger partial charge in [-0.2, -0.15) is 5.10 Å². The first-order chi connectivity index (χ1) is 9.43. The Kier molecular flexibility index (Phi) is 3.96. The van der Waals surface area contributed by atoms with Gasteiger partial charge in [0.25, 0.3) is 5.91 Å². The summed E-state index contributed by atoms with van der Waals surface area (Å²) in [6.07, 6.45) is 2.69. The molecular formula is C13H21N5O2. The maximum absolute atomic E-state index is 12.2. The molecule has 1 fully saturated rings. The van der Waals surface area contributed by atoms with Crippen LogP contribution in [0.25, 0.3) is 0 Å². The molecule has 1 heterocycles. The van der Waals surface area contributed by atoms with Crippen molar-refractivity contribution < 1.29 is 9.59 Å². The van der Waals surface area contributed by atoms with E-state index < -0.39 is 6.04 Å². The van der Waals surface area contributed by atoms with E-state index in [1.165, 1.54) is 4.68 Å². The second kappa shape index (κ2) is 5.52. The number of hydrogen-bond acceptors (Lipinski definition) is 4. The lowest BCUT2D eigenvalue weighted by atomic mass is 10.2. The third-order valence-electron chi connectivity index (χ3n) is 3.37. The van der Waals surface area contributed by atoms with Crippen LogP contribution >= 0.6 is 0 Å². The number of carbonyl (C=O) groups is 2. The Morgan fingerprint density at radius 1 is 1.50 bits per heavy atom. The normalized spacial score (nSPS) is 15.8. The summed E-state index contributed by atoms with van der Waals surface area (Å²) in [7, 11) is 1.67. The zero-order valence-electron chi connectivity index (χ0n) is 12.1. The zero-order chi connectivity index (χ0) is 14.9. The number of nitrogens with one attached hydrogen (secondary N) is 2. The van der Waals surface area contributed by atoms with E-state index in [0.717, 1.165) is 12.8 Å². The highest BCUT2D eigenvalue weighted by atomic mass is 16.2. The van der Waals surface area contributed by atoms with Crippen LogP contribution in [0.1, 0.15) is 42.9 Å². The van der Waals surface area contributed by atoms with Crippen molar-refractivity contribution in [3.63, 3.8) is 0 Å². The van der Waals surface area contributed by atoms with Crippen molar-refractivity contribution in [2.75, 3.05) is 5.73 Å². The van der Waals surface area contributed by atoms with Gasteiger partial charge in [0.1, 0.15) is 11.7 Å². The Morgan fingerprint density at radius 2 is 2.15 bits per heavy atom.